The van der Waals surface area contributed by atoms with Gasteiger partial charge in [0.15, 0.2) is 5.82 Å². The summed E-state index contributed by atoms with van der Waals surface area (Å²) in [5.74, 6) is 0.0495. The monoisotopic (exact) mass is 629 g/mol. The SMILES string of the molecule is CCN(CC)c1ncc(N(CC)C(=O)N2CCc3ccccc3C2)c(NC(Cc2ccc(OC(=O)N3CCCC3)cc2)C(=O)O)n1. The van der Waals surface area contributed by atoms with Gasteiger partial charge in [0.2, 0.25) is 5.95 Å². The number of urea groups is 1. The number of carbonyl (C=O) groups is 3. The molecule has 0 saturated carbocycles. The number of carboxylic acid groups (broad SMARTS) is 1. The summed E-state index contributed by atoms with van der Waals surface area (Å²) < 4.78 is 5.50. The number of carbonyl (C=O) groups excluding carboxylic acids is 2. The Hall–Kier alpha value is -4.87. The minimum absolute atomic E-state index is 0.128. The van der Waals surface area contributed by atoms with E-state index in [0.717, 1.165) is 30.4 Å². The average molecular weight is 630 g/mol. The van der Waals surface area contributed by atoms with Crippen LogP contribution in [-0.2, 0) is 24.2 Å². The summed E-state index contributed by atoms with van der Waals surface area (Å²) >= 11 is 0. The molecule has 3 amide bonds. The number of aromatic nitrogens is 2. The maximum atomic E-state index is 13.9. The highest BCUT2D eigenvalue weighted by Gasteiger charge is 2.29. The summed E-state index contributed by atoms with van der Waals surface area (Å²) in [6.45, 7) is 9.99. The average Bonchev–Trinajstić information content (AvgIpc) is 3.62. The van der Waals surface area contributed by atoms with Gasteiger partial charge < -0.3 is 29.9 Å². The first-order valence-corrected chi connectivity index (χ1v) is 16.1. The maximum Gasteiger partial charge on any atom is 0.415 e. The highest BCUT2D eigenvalue weighted by molar-refractivity contribution is 5.95. The molecular formula is C34H43N7O5. The van der Waals surface area contributed by atoms with Gasteiger partial charge in [0, 0.05) is 52.2 Å². The second-order valence-corrected chi connectivity index (χ2v) is 11.5. The third-order valence-corrected chi connectivity index (χ3v) is 8.58. The van der Waals surface area contributed by atoms with Crippen LogP contribution in [0.5, 0.6) is 5.75 Å². The van der Waals surface area contributed by atoms with Crippen LogP contribution in [-0.4, -0.2) is 88.3 Å². The van der Waals surface area contributed by atoms with Crippen LogP contribution in [0.25, 0.3) is 0 Å². The zero-order valence-corrected chi connectivity index (χ0v) is 26.8. The molecule has 2 aliphatic rings. The van der Waals surface area contributed by atoms with Crippen LogP contribution in [0.3, 0.4) is 0 Å². The molecule has 0 radical (unpaired) electrons. The first-order chi connectivity index (χ1) is 22.3. The minimum atomic E-state index is -1.07. The number of aliphatic carboxylic acids is 1. The zero-order chi connectivity index (χ0) is 32.6. The van der Waals surface area contributed by atoms with Crippen molar-refractivity contribution in [3.05, 3.63) is 71.4 Å². The molecule has 1 saturated heterocycles. The Labute approximate surface area is 270 Å². The van der Waals surface area contributed by atoms with Crippen molar-refractivity contribution in [2.75, 3.05) is 54.4 Å². The zero-order valence-electron chi connectivity index (χ0n) is 26.8. The molecule has 2 aromatic carbocycles. The van der Waals surface area contributed by atoms with Crippen LogP contribution in [0.4, 0.5) is 27.0 Å². The predicted molar refractivity (Wildman–Crippen MR) is 177 cm³/mol. The number of likely N-dealkylation sites (tertiary alicyclic amines) is 1. The molecule has 244 valence electrons. The molecule has 46 heavy (non-hydrogen) atoms. The molecule has 1 unspecified atom stereocenters. The summed E-state index contributed by atoms with van der Waals surface area (Å²) in [5, 5.41) is 13.4. The van der Waals surface area contributed by atoms with Crippen LogP contribution in [0.15, 0.2) is 54.7 Å². The van der Waals surface area contributed by atoms with Crippen molar-refractivity contribution in [1.29, 1.82) is 0 Å². The lowest BCUT2D eigenvalue weighted by Crippen LogP contribution is -2.46. The van der Waals surface area contributed by atoms with E-state index in [9.17, 15) is 19.5 Å². The Balaban J connectivity index is 1.37. The van der Waals surface area contributed by atoms with Gasteiger partial charge in [0.05, 0.1) is 6.20 Å². The van der Waals surface area contributed by atoms with E-state index in [2.05, 4.69) is 16.4 Å². The molecule has 1 atom stereocenters. The molecule has 2 N–H and O–H groups in total. The van der Waals surface area contributed by atoms with Crippen molar-refractivity contribution in [1.82, 2.24) is 19.8 Å². The lowest BCUT2D eigenvalue weighted by molar-refractivity contribution is -0.137. The highest BCUT2D eigenvalue weighted by atomic mass is 16.6. The molecule has 3 heterocycles. The first kappa shape index (κ1) is 32.5. The Morgan fingerprint density at radius 1 is 0.935 bits per heavy atom. The van der Waals surface area contributed by atoms with Gasteiger partial charge in [-0.1, -0.05) is 36.4 Å². The quantitative estimate of drug-likeness (QED) is 0.300. The third kappa shape index (κ3) is 7.49. The largest absolute Gasteiger partial charge is 0.480 e. The number of nitrogens with zero attached hydrogens (tertiary/aromatic N) is 6. The fraction of sp³-hybridized carbons (Fsp3) is 0.441. The van der Waals surface area contributed by atoms with E-state index in [1.807, 2.05) is 43.9 Å². The standard InChI is InChI=1S/C34H43N7O5/c1-4-38(5-2)32-35-22-29(41(6-3)33(44)40-20-17-25-11-7-8-12-26(25)23-40)30(37-32)36-28(31(42)43)21-24-13-15-27(16-14-24)46-34(45)39-18-9-10-19-39/h7-8,11-16,22,28H,4-6,9-10,17-21,23H2,1-3H3,(H,42,43)(H,35,36,37). The van der Waals surface area contributed by atoms with Gasteiger partial charge in [0.25, 0.3) is 0 Å². The number of carboxylic acids is 1. The summed E-state index contributed by atoms with van der Waals surface area (Å²) in [6, 6.07) is 13.7. The molecule has 12 nitrogen and oxygen atoms in total. The lowest BCUT2D eigenvalue weighted by Gasteiger charge is -2.34. The van der Waals surface area contributed by atoms with Crippen molar-refractivity contribution in [3.8, 4) is 5.75 Å². The number of nitrogens with one attached hydrogen (secondary N) is 1. The van der Waals surface area contributed by atoms with Crippen molar-refractivity contribution in [3.63, 3.8) is 0 Å². The van der Waals surface area contributed by atoms with E-state index in [4.69, 9.17) is 9.72 Å². The Bertz CT molecular complexity index is 1520. The van der Waals surface area contributed by atoms with Gasteiger partial charge in [-0.15, -0.1) is 0 Å². The molecule has 0 bridgehead atoms. The van der Waals surface area contributed by atoms with Crippen LogP contribution in [0.1, 0.15) is 50.3 Å². The smallest absolute Gasteiger partial charge is 0.415 e. The van der Waals surface area contributed by atoms with Crippen LogP contribution < -0.4 is 19.9 Å². The highest BCUT2D eigenvalue weighted by Crippen LogP contribution is 2.29. The third-order valence-electron chi connectivity index (χ3n) is 8.58. The summed E-state index contributed by atoms with van der Waals surface area (Å²) in [7, 11) is 0. The van der Waals surface area contributed by atoms with Gasteiger partial charge >= 0.3 is 18.1 Å². The molecule has 1 aromatic heterocycles. The number of fused-ring (bicyclic) bond motifs is 1. The number of benzene rings is 2. The topological polar surface area (TPSA) is 131 Å². The van der Waals surface area contributed by atoms with Crippen molar-refractivity contribution in [2.45, 2.75) is 59.0 Å². The van der Waals surface area contributed by atoms with Gasteiger partial charge in [0.1, 0.15) is 17.5 Å². The fourth-order valence-electron chi connectivity index (χ4n) is 5.93. The number of ether oxygens (including phenoxy) is 1. The first-order valence-electron chi connectivity index (χ1n) is 16.1. The van der Waals surface area contributed by atoms with Crippen LogP contribution >= 0.6 is 0 Å². The number of amides is 3. The Kier molecular flexibility index (Phi) is 10.6. The Morgan fingerprint density at radius 2 is 1.63 bits per heavy atom. The van der Waals surface area contributed by atoms with Crippen molar-refractivity contribution >= 4 is 35.5 Å². The van der Waals surface area contributed by atoms with Gasteiger partial charge in [-0.2, -0.15) is 4.98 Å². The van der Waals surface area contributed by atoms with Gasteiger partial charge in [-0.25, -0.2) is 19.4 Å². The second-order valence-electron chi connectivity index (χ2n) is 11.5. The van der Waals surface area contributed by atoms with Gasteiger partial charge in [-0.05, 0) is 68.9 Å². The number of hydrogen-bond acceptors (Lipinski definition) is 8. The minimum Gasteiger partial charge on any atom is -0.480 e. The molecule has 2 aliphatic heterocycles. The fourth-order valence-corrected chi connectivity index (χ4v) is 5.93. The molecule has 3 aromatic rings. The Morgan fingerprint density at radius 3 is 2.28 bits per heavy atom. The number of rotatable bonds is 11. The molecule has 5 rings (SSSR count). The lowest BCUT2D eigenvalue weighted by atomic mass is 10.0. The number of hydrogen-bond donors (Lipinski definition) is 2. The summed E-state index contributed by atoms with van der Waals surface area (Å²) in [6.07, 6.45) is 4.06. The van der Waals surface area contributed by atoms with Crippen LogP contribution in [0.2, 0.25) is 0 Å². The van der Waals surface area contributed by atoms with Crippen molar-refractivity contribution in [2.24, 2.45) is 0 Å². The summed E-state index contributed by atoms with van der Waals surface area (Å²) in [5.41, 5.74) is 3.51. The number of anilines is 3. The van der Waals surface area contributed by atoms with Crippen LogP contribution in [0, 0.1) is 0 Å². The predicted octanol–water partition coefficient (Wildman–Crippen LogP) is 5.03. The molecule has 0 spiro atoms. The molecular weight excluding hydrogens is 586 g/mol. The normalized spacial score (nSPS) is 14.8. The summed E-state index contributed by atoms with van der Waals surface area (Å²) in [4.78, 5) is 55.3. The molecule has 12 heteroatoms. The van der Waals surface area contributed by atoms with E-state index in [1.165, 1.54) is 5.56 Å². The van der Waals surface area contributed by atoms with E-state index in [-0.39, 0.29) is 24.4 Å². The van der Waals surface area contributed by atoms with E-state index in [1.54, 1.807) is 45.2 Å². The second kappa shape index (κ2) is 14.9. The maximum absolute atomic E-state index is 13.9. The van der Waals surface area contributed by atoms with E-state index in [0.29, 0.717) is 63.2 Å². The molecule has 1 fully saturated rings. The van der Waals surface area contributed by atoms with Gasteiger partial charge in [-0.3, -0.25) is 4.90 Å². The van der Waals surface area contributed by atoms with Crippen molar-refractivity contribution < 1.29 is 24.2 Å². The molecule has 0 aliphatic carbocycles. The van der Waals surface area contributed by atoms with E-state index < -0.39 is 12.0 Å². The van der Waals surface area contributed by atoms with E-state index >= 15 is 0 Å².